The van der Waals surface area contributed by atoms with Crippen LogP contribution in [-0.4, -0.2) is 20.7 Å². The predicted molar refractivity (Wildman–Crippen MR) is 116 cm³/mol. The van der Waals surface area contributed by atoms with Gasteiger partial charge in [-0.25, -0.2) is 9.67 Å². The zero-order valence-corrected chi connectivity index (χ0v) is 16.9. The van der Waals surface area contributed by atoms with Gasteiger partial charge in [0, 0.05) is 21.3 Å². The molecule has 144 valence electrons. The molecule has 0 aliphatic carbocycles. The topological polar surface area (TPSA) is 59.8 Å². The fraction of sp³-hybridized carbons (Fsp3) is 0.0455. The molecular formula is C22H16Cl2N4O. The highest BCUT2D eigenvalue weighted by Crippen LogP contribution is 2.28. The van der Waals surface area contributed by atoms with E-state index in [1.807, 2.05) is 49.4 Å². The van der Waals surface area contributed by atoms with Crippen LogP contribution in [0, 0.1) is 6.92 Å². The maximum Gasteiger partial charge on any atom is 0.295 e. The van der Waals surface area contributed by atoms with E-state index >= 15 is 0 Å². The van der Waals surface area contributed by atoms with E-state index in [2.05, 4.69) is 15.4 Å². The quantitative estimate of drug-likeness (QED) is 0.451. The first-order valence-corrected chi connectivity index (χ1v) is 9.63. The third-order valence-corrected chi connectivity index (χ3v) is 5.04. The Morgan fingerprint density at radius 1 is 0.966 bits per heavy atom. The van der Waals surface area contributed by atoms with Crippen LogP contribution in [0.2, 0.25) is 10.0 Å². The number of hydrogen-bond acceptors (Lipinski definition) is 3. The molecule has 0 radical (unpaired) electrons. The first kappa shape index (κ1) is 19.2. The number of rotatable bonds is 4. The predicted octanol–water partition coefficient (Wildman–Crippen LogP) is 5.80. The van der Waals surface area contributed by atoms with Gasteiger partial charge in [0.05, 0.1) is 5.69 Å². The number of benzene rings is 3. The minimum atomic E-state index is -0.405. The number of amides is 1. The van der Waals surface area contributed by atoms with Gasteiger partial charge in [-0.05, 0) is 48.9 Å². The van der Waals surface area contributed by atoms with Gasteiger partial charge in [-0.1, -0.05) is 59.6 Å². The maximum atomic E-state index is 12.8. The molecule has 0 atom stereocenters. The maximum absolute atomic E-state index is 12.8. The summed E-state index contributed by atoms with van der Waals surface area (Å²) in [5.74, 6) is 0.136. The van der Waals surface area contributed by atoms with Crippen molar-refractivity contribution in [3.8, 4) is 17.1 Å². The molecule has 4 aromatic rings. The van der Waals surface area contributed by atoms with Gasteiger partial charge in [0.15, 0.2) is 5.82 Å². The van der Waals surface area contributed by atoms with Crippen LogP contribution in [0.5, 0.6) is 0 Å². The standard InChI is InChI=1S/C22H16Cl2N4O/c1-14-18(24)11-6-12-19(14)28-21(15-7-5-8-16(23)13-15)26-20(27-28)22(29)25-17-9-3-2-4-10-17/h2-13H,1H3,(H,25,29). The molecule has 0 bridgehead atoms. The lowest BCUT2D eigenvalue weighted by Gasteiger charge is -2.10. The number of anilines is 1. The van der Waals surface area contributed by atoms with E-state index in [1.54, 1.807) is 35.0 Å². The van der Waals surface area contributed by atoms with E-state index in [-0.39, 0.29) is 5.82 Å². The second-order valence-corrected chi connectivity index (χ2v) is 7.23. The largest absolute Gasteiger partial charge is 0.319 e. The first-order chi connectivity index (χ1) is 14.0. The molecule has 29 heavy (non-hydrogen) atoms. The molecule has 0 saturated heterocycles. The number of hydrogen-bond donors (Lipinski definition) is 1. The molecule has 0 unspecified atom stereocenters. The SMILES string of the molecule is Cc1c(Cl)cccc1-n1nc(C(=O)Nc2ccccc2)nc1-c1cccc(Cl)c1. The average Bonchev–Trinajstić information content (AvgIpc) is 3.16. The first-order valence-electron chi connectivity index (χ1n) is 8.88. The summed E-state index contributed by atoms with van der Waals surface area (Å²) in [7, 11) is 0. The van der Waals surface area contributed by atoms with Gasteiger partial charge in [-0.15, -0.1) is 5.10 Å². The van der Waals surface area contributed by atoms with E-state index in [1.165, 1.54) is 0 Å². The number of halogens is 2. The molecule has 1 amide bonds. The average molecular weight is 423 g/mol. The summed E-state index contributed by atoms with van der Waals surface area (Å²) in [6.45, 7) is 1.89. The Kier molecular flexibility index (Phi) is 5.34. The Hall–Kier alpha value is -3.15. The molecule has 1 aromatic heterocycles. The monoisotopic (exact) mass is 422 g/mol. The summed E-state index contributed by atoms with van der Waals surface area (Å²) < 4.78 is 1.62. The van der Waals surface area contributed by atoms with E-state index < -0.39 is 5.91 Å². The molecule has 0 spiro atoms. The van der Waals surface area contributed by atoms with Crippen molar-refractivity contribution in [3.05, 3.63) is 94.2 Å². The second-order valence-electron chi connectivity index (χ2n) is 6.39. The number of nitrogens with one attached hydrogen (secondary N) is 1. The van der Waals surface area contributed by atoms with Crippen molar-refractivity contribution in [2.24, 2.45) is 0 Å². The molecule has 0 aliphatic rings. The van der Waals surface area contributed by atoms with Gasteiger partial charge < -0.3 is 5.32 Å². The molecular weight excluding hydrogens is 407 g/mol. The van der Waals surface area contributed by atoms with Crippen LogP contribution in [0.3, 0.4) is 0 Å². The molecule has 1 heterocycles. The smallest absolute Gasteiger partial charge is 0.295 e. The summed E-state index contributed by atoms with van der Waals surface area (Å²) in [4.78, 5) is 17.3. The van der Waals surface area contributed by atoms with Crippen LogP contribution in [0.4, 0.5) is 5.69 Å². The summed E-state index contributed by atoms with van der Waals surface area (Å²) in [5.41, 5.74) is 2.97. The van der Waals surface area contributed by atoms with Crippen LogP contribution < -0.4 is 5.32 Å². The van der Waals surface area contributed by atoms with E-state index in [0.717, 1.165) is 16.8 Å². The number of nitrogens with zero attached hydrogens (tertiary/aromatic N) is 3. The Bertz CT molecular complexity index is 1190. The molecule has 0 saturated carbocycles. The number of carbonyl (C=O) groups excluding carboxylic acids is 1. The molecule has 5 nitrogen and oxygen atoms in total. The Morgan fingerprint density at radius 3 is 2.48 bits per heavy atom. The highest BCUT2D eigenvalue weighted by atomic mass is 35.5. The minimum absolute atomic E-state index is 0.0446. The molecule has 3 aromatic carbocycles. The van der Waals surface area contributed by atoms with Gasteiger partial charge in [-0.3, -0.25) is 4.79 Å². The Labute approximate surface area is 177 Å². The van der Waals surface area contributed by atoms with Gasteiger partial charge in [-0.2, -0.15) is 0 Å². The number of carbonyl (C=O) groups is 1. The fourth-order valence-electron chi connectivity index (χ4n) is 2.92. The number of aromatic nitrogens is 3. The van der Waals surface area contributed by atoms with Gasteiger partial charge in [0.2, 0.25) is 5.82 Å². The van der Waals surface area contributed by atoms with Gasteiger partial charge in [0.25, 0.3) is 5.91 Å². The zero-order chi connectivity index (χ0) is 20.4. The Morgan fingerprint density at radius 2 is 1.72 bits per heavy atom. The second kappa shape index (κ2) is 8.07. The lowest BCUT2D eigenvalue weighted by atomic mass is 10.1. The van der Waals surface area contributed by atoms with E-state index in [9.17, 15) is 4.79 Å². The minimum Gasteiger partial charge on any atom is -0.319 e. The van der Waals surface area contributed by atoms with Crippen LogP contribution in [0.1, 0.15) is 16.2 Å². The summed E-state index contributed by atoms with van der Waals surface area (Å²) >= 11 is 12.5. The lowest BCUT2D eigenvalue weighted by Crippen LogP contribution is -2.14. The van der Waals surface area contributed by atoms with Crippen molar-refractivity contribution in [1.82, 2.24) is 14.8 Å². The molecule has 1 N–H and O–H groups in total. The van der Waals surface area contributed by atoms with Crippen LogP contribution in [0.25, 0.3) is 17.1 Å². The zero-order valence-electron chi connectivity index (χ0n) is 15.4. The third-order valence-electron chi connectivity index (χ3n) is 4.39. The van der Waals surface area contributed by atoms with Crippen molar-refractivity contribution < 1.29 is 4.79 Å². The summed E-state index contributed by atoms with van der Waals surface area (Å²) in [5, 5.41) is 8.45. The number of para-hydroxylation sites is 1. The van der Waals surface area contributed by atoms with Crippen molar-refractivity contribution in [1.29, 1.82) is 0 Å². The van der Waals surface area contributed by atoms with Crippen molar-refractivity contribution in [2.75, 3.05) is 5.32 Å². The van der Waals surface area contributed by atoms with E-state index in [0.29, 0.717) is 21.6 Å². The highest BCUT2D eigenvalue weighted by molar-refractivity contribution is 6.31. The Balaban J connectivity index is 1.83. The highest BCUT2D eigenvalue weighted by Gasteiger charge is 2.20. The molecule has 0 aliphatic heterocycles. The van der Waals surface area contributed by atoms with Gasteiger partial charge in [0.1, 0.15) is 0 Å². The van der Waals surface area contributed by atoms with Crippen LogP contribution >= 0.6 is 23.2 Å². The van der Waals surface area contributed by atoms with Crippen molar-refractivity contribution in [3.63, 3.8) is 0 Å². The molecule has 4 rings (SSSR count). The summed E-state index contributed by atoms with van der Waals surface area (Å²) in [6, 6.07) is 21.9. The molecule has 0 fully saturated rings. The van der Waals surface area contributed by atoms with Crippen LogP contribution in [-0.2, 0) is 0 Å². The van der Waals surface area contributed by atoms with Crippen LogP contribution in [0.15, 0.2) is 72.8 Å². The third kappa shape index (κ3) is 4.01. The van der Waals surface area contributed by atoms with Crippen molar-refractivity contribution >= 4 is 34.8 Å². The lowest BCUT2D eigenvalue weighted by molar-refractivity contribution is 0.101. The molecule has 7 heteroatoms. The van der Waals surface area contributed by atoms with Crippen molar-refractivity contribution in [2.45, 2.75) is 6.92 Å². The summed E-state index contributed by atoms with van der Waals surface area (Å²) in [6.07, 6.45) is 0. The fourth-order valence-corrected chi connectivity index (χ4v) is 3.28. The van der Waals surface area contributed by atoms with Gasteiger partial charge >= 0.3 is 0 Å². The normalized spacial score (nSPS) is 10.7. The van der Waals surface area contributed by atoms with E-state index in [4.69, 9.17) is 23.2 Å².